The quantitative estimate of drug-likeness (QED) is 0.534. The summed E-state index contributed by atoms with van der Waals surface area (Å²) in [4.78, 5) is 0. The minimum absolute atomic E-state index is 0.391. The molecule has 0 heterocycles. The summed E-state index contributed by atoms with van der Waals surface area (Å²) in [6.45, 7) is 0. The Kier molecular flexibility index (Phi) is 4.62. The molecule has 0 saturated heterocycles. The lowest BCUT2D eigenvalue weighted by atomic mass is 10.7. The fourth-order valence-electron chi connectivity index (χ4n) is 0.136. The van der Waals surface area contributed by atoms with Gasteiger partial charge < -0.3 is 4.74 Å². The average molecular weight is 141 g/mol. The Morgan fingerprint density at radius 1 is 1.71 bits per heavy atom. The highest BCUT2D eigenvalue weighted by atomic mass is 35.5. The van der Waals surface area contributed by atoms with E-state index in [1.54, 1.807) is 0 Å². The van der Waals surface area contributed by atoms with Crippen molar-refractivity contribution < 1.29 is 4.74 Å². The summed E-state index contributed by atoms with van der Waals surface area (Å²) < 4.78 is 4.58. The first kappa shape index (κ1) is 7.28. The van der Waals surface area contributed by atoms with Crippen LogP contribution in [0.25, 0.3) is 0 Å². The number of hydrogen-bond acceptors (Lipinski definition) is 1. The molecule has 1 nitrogen and oxygen atoms in total. The van der Waals surface area contributed by atoms with Crippen LogP contribution in [0.4, 0.5) is 0 Å². The summed E-state index contributed by atoms with van der Waals surface area (Å²) in [7, 11) is 1.51. The van der Waals surface area contributed by atoms with Crippen LogP contribution >= 0.6 is 23.2 Å². The van der Waals surface area contributed by atoms with Gasteiger partial charge in [0, 0.05) is 12.6 Å². The first-order valence-electron chi connectivity index (χ1n) is 1.75. The van der Waals surface area contributed by atoms with Crippen LogP contribution in [0.3, 0.4) is 0 Å². The van der Waals surface area contributed by atoms with Crippen molar-refractivity contribution in [3.8, 4) is 0 Å². The minimum Gasteiger partial charge on any atom is -0.362 e. The monoisotopic (exact) mass is 140 g/mol. The van der Waals surface area contributed by atoms with Gasteiger partial charge in [0.15, 0.2) is 5.56 Å². The van der Waals surface area contributed by atoms with Gasteiger partial charge in [-0.2, -0.15) is 0 Å². The second kappa shape index (κ2) is 4.44. The van der Waals surface area contributed by atoms with E-state index < -0.39 is 5.56 Å². The van der Waals surface area contributed by atoms with E-state index in [4.69, 9.17) is 23.2 Å². The molecule has 42 valence electrons. The summed E-state index contributed by atoms with van der Waals surface area (Å²) >= 11 is 10.5. The van der Waals surface area contributed by atoms with Gasteiger partial charge in [-0.15, -0.1) is 0 Å². The van der Waals surface area contributed by atoms with Crippen LogP contribution in [0.1, 0.15) is 0 Å². The molecule has 1 unspecified atom stereocenters. The summed E-state index contributed by atoms with van der Waals surface area (Å²) in [6.07, 6.45) is 1.53. The van der Waals surface area contributed by atoms with Crippen molar-refractivity contribution in [1.82, 2.24) is 0 Å². The Hall–Kier alpha value is 0.280. The van der Waals surface area contributed by atoms with Crippen molar-refractivity contribution in [2.45, 2.75) is 5.56 Å². The third-order valence-corrected chi connectivity index (χ3v) is 0.918. The highest BCUT2D eigenvalue weighted by Gasteiger charge is 1.89. The van der Waals surface area contributed by atoms with Gasteiger partial charge in [-0.05, 0) is 6.08 Å². The summed E-state index contributed by atoms with van der Waals surface area (Å²) in [6, 6.07) is 0. The van der Waals surface area contributed by atoms with E-state index in [-0.39, 0.29) is 0 Å². The van der Waals surface area contributed by atoms with Gasteiger partial charge in [-0.1, -0.05) is 23.2 Å². The molecule has 0 aromatic heterocycles. The van der Waals surface area contributed by atoms with E-state index >= 15 is 0 Å². The molecule has 0 amide bonds. The first-order chi connectivity index (χ1) is 3.31. The summed E-state index contributed by atoms with van der Waals surface area (Å²) in [5, 5.41) is 0. The summed E-state index contributed by atoms with van der Waals surface area (Å²) in [5.41, 5.74) is 0.929. The molecule has 0 fully saturated rings. The van der Waals surface area contributed by atoms with Gasteiger partial charge in [-0.25, -0.2) is 0 Å². The second-order valence-electron chi connectivity index (χ2n) is 0.905. The van der Waals surface area contributed by atoms with Crippen molar-refractivity contribution in [2.24, 2.45) is 0 Å². The molecule has 1 atom stereocenters. The number of ether oxygens (including phenoxy) is 1. The molecular formula is C4H6Cl2O. The lowest BCUT2D eigenvalue weighted by Gasteiger charge is -1.95. The van der Waals surface area contributed by atoms with E-state index in [2.05, 4.69) is 4.74 Å². The van der Waals surface area contributed by atoms with E-state index in [1.165, 1.54) is 18.7 Å². The van der Waals surface area contributed by atoms with E-state index in [1.807, 2.05) is 0 Å². The molecule has 0 aliphatic carbocycles. The molecule has 7 heavy (non-hydrogen) atoms. The zero-order valence-corrected chi connectivity index (χ0v) is 5.41. The smallest absolute Gasteiger partial charge is 0.150 e. The lowest BCUT2D eigenvalue weighted by Crippen LogP contribution is -1.93. The number of methoxy groups -OCH3 is 1. The van der Waals surface area contributed by atoms with Crippen LogP contribution in [-0.4, -0.2) is 12.7 Å². The van der Waals surface area contributed by atoms with Crippen LogP contribution in [0.5, 0.6) is 0 Å². The highest BCUT2D eigenvalue weighted by Crippen LogP contribution is 1.97. The fraction of sp³-hybridized carbons (Fsp3) is 0.500. The van der Waals surface area contributed by atoms with Crippen molar-refractivity contribution in [1.29, 1.82) is 0 Å². The lowest BCUT2D eigenvalue weighted by molar-refractivity contribution is 0.202. The van der Waals surface area contributed by atoms with Gasteiger partial charge in [-0.3, -0.25) is 0 Å². The average Bonchev–Trinajstić information content (AvgIpc) is 1.68. The normalized spacial score (nSPS) is 15.3. The Morgan fingerprint density at radius 3 is 2.43 bits per heavy atom. The van der Waals surface area contributed by atoms with Crippen LogP contribution in [0, 0.1) is 0 Å². The van der Waals surface area contributed by atoms with Gasteiger partial charge in [0.25, 0.3) is 0 Å². The topological polar surface area (TPSA) is 9.23 Å². The van der Waals surface area contributed by atoms with Crippen molar-refractivity contribution in [3.05, 3.63) is 11.6 Å². The molecule has 0 rings (SSSR count). The number of alkyl halides is 1. The molecular weight excluding hydrogens is 135 g/mol. The Bertz CT molecular complexity index is 62.7. The number of rotatable bonds is 2. The van der Waals surface area contributed by atoms with Gasteiger partial charge in [0.2, 0.25) is 0 Å². The Morgan fingerprint density at radius 2 is 2.29 bits per heavy atom. The SMILES string of the molecule is COC(Cl)/C=C/Cl. The maximum absolute atomic E-state index is 5.37. The van der Waals surface area contributed by atoms with Gasteiger partial charge >= 0.3 is 0 Å². The third kappa shape index (κ3) is 4.13. The maximum Gasteiger partial charge on any atom is 0.150 e. The Labute approximate surface area is 52.9 Å². The fourth-order valence-corrected chi connectivity index (χ4v) is 0.415. The predicted molar refractivity (Wildman–Crippen MR) is 31.6 cm³/mol. The standard InChI is InChI=1S/C4H6Cl2O/c1-7-4(6)2-3-5/h2-4H,1H3/b3-2+. The molecule has 3 heteroatoms. The maximum atomic E-state index is 5.37. The molecule has 0 aliphatic heterocycles. The largest absolute Gasteiger partial charge is 0.362 e. The molecule has 0 radical (unpaired) electrons. The van der Waals surface area contributed by atoms with Crippen LogP contribution < -0.4 is 0 Å². The second-order valence-corrected chi connectivity index (χ2v) is 1.59. The van der Waals surface area contributed by atoms with Gasteiger partial charge in [0.1, 0.15) is 0 Å². The number of halogens is 2. The predicted octanol–water partition coefficient (Wildman–Crippen LogP) is 1.95. The van der Waals surface area contributed by atoms with Crippen LogP contribution in [-0.2, 0) is 4.74 Å². The van der Waals surface area contributed by atoms with Crippen LogP contribution in [0.15, 0.2) is 11.6 Å². The van der Waals surface area contributed by atoms with Crippen molar-refractivity contribution >= 4 is 23.2 Å². The molecule has 0 saturated carbocycles. The Balaban J connectivity index is 3.16. The van der Waals surface area contributed by atoms with E-state index in [9.17, 15) is 0 Å². The van der Waals surface area contributed by atoms with Crippen molar-refractivity contribution in [2.75, 3.05) is 7.11 Å². The zero-order chi connectivity index (χ0) is 5.70. The van der Waals surface area contributed by atoms with E-state index in [0.717, 1.165) is 0 Å². The minimum atomic E-state index is -0.391. The molecule has 0 bridgehead atoms. The van der Waals surface area contributed by atoms with Crippen LogP contribution in [0.2, 0.25) is 0 Å². The third-order valence-electron chi connectivity index (χ3n) is 0.449. The molecule has 0 N–H and O–H groups in total. The number of hydrogen-bond donors (Lipinski definition) is 0. The van der Waals surface area contributed by atoms with E-state index in [0.29, 0.717) is 0 Å². The highest BCUT2D eigenvalue weighted by molar-refractivity contribution is 6.26. The van der Waals surface area contributed by atoms with Gasteiger partial charge in [0.05, 0.1) is 0 Å². The zero-order valence-electron chi connectivity index (χ0n) is 3.90. The van der Waals surface area contributed by atoms with Crippen molar-refractivity contribution in [3.63, 3.8) is 0 Å². The summed E-state index contributed by atoms with van der Waals surface area (Å²) in [5.74, 6) is 0. The molecule has 0 aliphatic rings. The molecule has 0 aromatic carbocycles. The molecule has 0 spiro atoms. The molecule has 0 aromatic rings. The first-order valence-corrected chi connectivity index (χ1v) is 2.62.